The van der Waals surface area contributed by atoms with Crippen molar-refractivity contribution in [3.63, 3.8) is 0 Å². The number of rotatable bonds is 8. The third-order valence-corrected chi connectivity index (χ3v) is 5.12. The highest BCUT2D eigenvalue weighted by Crippen LogP contribution is 2.23. The highest BCUT2D eigenvalue weighted by atomic mass is 32.2. The topological polar surface area (TPSA) is 102 Å². The molecule has 0 saturated carbocycles. The molecule has 0 spiro atoms. The third kappa shape index (κ3) is 6.01. The van der Waals surface area contributed by atoms with E-state index in [0.29, 0.717) is 17.8 Å². The highest BCUT2D eigenvalue weighted by Gasteiger charge is 2.15. The number of hydrogen-bond acceptors (Lipinski definition) is 5. The van der Waals surface area contributed by atoms with Gasteiger partial charge < -0.3 is 10.1 Å². The number of ether oxygens (including phenoxy) is 1. The van der Waals surface area contributed by atoms with Crippen LogP contribution in [-0.2, 0) is 14.8 Å². The van der Waals surface area contributed by atoms with Gasteiger partial charge in [0.05, 0.1) is 11.4 Å². The maximum atomic E-state index is 13.5. The second-order valence-corrected chi connectivity index (χ2v) is 8.08. The Kier molecular flexibility index (Phi) is 7.11. The van der Waals surface area contributed by atoms with Crippen LogP contribution in [0.1, 0.15) is 11.1 Å². The number of anilines is 1. The van der Waals surface area contributed by atoms with E-state index in [0.717, 1.165) is 5.56 Å². The van der Waals surface area contributed by atoms with Crippen molar-refractivity contribution in [2.45, 2.75) is 18.7 Å². The van der Waals surface area contributed by atoms with Crippen molar-refractivity contribution in [1.82, 2.24) is 4.90 Å². The molecule has 0 aliphatic heterocycles. The standard InChI is InChI=1S/C19H24FN3O4S/c1-13-10-15(28(21,25)26)11-17(14(13)2)22-19(24)12-23(3)8-9-27-18-7-5-4-6-16(18)20/h4-7,10-11H,8-9,12H2,1-3H3,(H,22,24)(H2,21,25,26). The van der Waals surface area contributed by atoms with Crippen LogP contribution in [0.25, 0.3) is 0 Å². The van der Waals surface area contributed by atoms with E-state index in [9.17, 15) is 17.6 Å². The van der Waals surface area contributed by atoms with E-state index in [-0.39, 0.29) is 29.7 Å². The number of halogens is 1. The van der Waals surface area contributed by atoms with Crippen molar-refractivity contribution in [2.24, 2.45) is 5.14 Å². The summed E-state index contributed by atoms with van der Waals surface area (Å²) in [5.41, 5.74) is 1.85. The van der Waals surface area contributed by atoms with Gasteiger partial charge in [-0.25, -0.2) is 17.9 Å². The lowest BCUT2D eigenvalue weighted by molar-refractivity contribution is -0.117. The van der Waals surface area contributed by atoms with Crippen LogP contribution >= 0.6 is 0 Å². The Hall–Kier alpha value is -2.49. The molecule has 2 aromatic rings. The molecule has 0 heterocycles. The lowest BCUT2D eigenvalue weighted by atomic mass is 10.1. The van der Waals surface area contributed by atoms with Gasteiger partial charge in [0.15, 0.2) is 11.6 Å². The van der Waals surface area contributed by atoms with E-state index >= 15 is 0 Å². The molecule has 2 rings (SSSR count). The van der Waals surface area contributed by atoms with E-state index in [4.69, 9.17) is 9.88 Å². The fraction of sp³-hybridized carbons (Fsp3) is 0.316. The molecule has 0 fully saturated rings. The Labute approximate surface area is 164 Å². The van der Waals surface area contributed by atoms with Gasteiger partial charge in [-0.2, -0.15) is 0 Å². The lowest BCUT2D eigenvalue weighted by Gasteiger charge is -2.18. The summed E-state index contributed by atoms with van der Waals surface area (Å²) in [6.07, 6.45) is 0. The first kappa shape index (κ1) is 21.8. The van der Waals surface area contributed by atoms with Crippen molar-refractivity contribution in [2.75, 3.05) is 32.1 Å². The largest absolute Gasteiger partial charge is 0.489 e. The summed E-state index contributed by atoms with van der Waals surface area (Å²) in [7, 11) is -2.15. The van der Waals surface area contributed by atoms with E-state index in [1.165, 1.54) is 24.3 Å². The number of nitrogens with two attached hydrogens (primary N) is 1. The Morgan fingerprint density at radius 1 is 1.25 bits per heavy atom. The van der Waals surface area contributed by atoms with E-state index < -0.39 is 15.8 Å². The summed E-state index contributed by atoms with van der Waals surface area (Å²) in [5, 5.41) is 7.89. The van der Waals surface area contributed by atoms with Gasteiger partial charge in [0.25, 0.3) is 0 Å². The zero-order chi connectivity index (χ0) is 20.9. The average molecular weight is 409 g/mol. The second-order valence-electron chi connectivity index (χ2n) is 6.52. The molecule has 0 atom stereocenters. The van der Waals surface area contributed by atoms with Gasteiger partial charge >= 0.3 is 0 Å². The smallest absolute Gasteiger partial charge is 0.238 e. The Bertz CT molecular complexity index is 964. The minimum atomic E-state index is -3.87. The highest BCUT2D eigenvalue weighted by molar-refractivity contribution is 7.89. The molecule has 0 saturated heterocycles. The van der Waals surface area contributed by atoms with Gasteiger partial charge in [-0.1, -0.05) is 12.1 Å². The van der Waals surface area contributed by atoms with Gasteiger partial charge in [0.2, 0.25) is 15.9 Å². The molecule has 2 aromatic carbocycles. The predicted molar refractivity (Wildman–Crippen MR) is 105 cm³/mol. The molecular weight excluding hydrogens is 385 g/mol. The molecule has 7 nitrogen and oxygen atoms in total. The van der Waals surface area contributed by atoms with Gasteiger partial charge in [-0.05, 0) is 56.3 Å². The van der Waals surface area contributed by atoms with Crippen LogP contribution in [0.15, 0.2) is 41.3 Å². The monoisotopic (exact) mass is 409 g/mol. The van der Waals surface area contributed by atoms with Crippen LogP contribution in [0.2, 0.25) is 0 Å². The van der Waals surface area contributed by atoms with Crippen molar-refractivity contribution >= 4 is 21.6 Å². The van der Waals surface area contributed by atoms with Crippen LogP contribution in [-0.4, -0.2) is 46.0 Å². The minimum absolute atomic E-state index is 0.0543. The van der Waals surface area contributed by atoms with Gasteiger partial charge in [0, 0.05) is 12.2 Å². The first-order chi connectivity index (χ1) is 13.1. The van der Waals surface area contributed by atoms with Crippen LogP contribution in [0.4, 0.5) is 10.1 Å². The number of likely N-dealkylation sites (N-methyl/N-ethyl adjacent to an activating group) is 1. The number of carbonyl (C=O) groups excluding carboxylic acids is 1. The number of carbonyl (C=O) groups is 1. The molecule has 0 aliphatic rings. The Morgan fingerprint density at radius 3 is 2.57 bits per heavy atom. The van der Waals surface area contributed by atoms with Crippen LogP contribution in [0.5, 0.6) is 5.75 Å². The summed E-state index contributed by atoms with van der Waals surface area (Å²) in [4.78, 5) is 14.0. The summed E-state index contributed by atoms with van der Waals surface area (Å²) >= 11 is 0. The first-order valence-electron chi connectivity index (χ1n) is 8.57. The number of hydrogen-bond donors (Lipinski definition) is 2. The molecule has 0 unspecified atom stereocenters. The van der Waals surface area contributed by atoms with Crippen LogP contribution < -0.4 is 15.2 Å². The number of amides is 1. The molecule has 1 amide bonds. The molecule has 0 aliphatic carbocycles. The predicted octanol–water partition coefficient (Wildman–Crippen LogP) is 2.04. The number of nitrogens with zero attached hydrogens (tertiary/aromatic N) is 1. The molecule has 28 heavy (non-hydrogen) atoms. The molecule has 0 radical (unpaired) electrons. The van der Waals surface area contributed by atoms with Gasteiger partial charge in [0.1, 0.15) is 6.61 Å². The average Bonchev–Trinajstić information content (AvgIpc) is 2.59. The molecule has 152 valence electrons. The number of aryl methyl sites for hydroxylation is 1. The van der Waals surface area contributed by atoms with Crippen molar-refractivity contribution in [3.05, 3.63) is 53.3 Å². The summed E-state index contributed by atoms with van der Waals surface area (Å²) < 4.78 is 42.0. The number of primary sulfonamides is 1. The number of para-hydroxylation sites is 1. The molecule has 0 bridgehead atoms. The van der Waals surface area contributed by atoms with Crippen LogP contribution in [0, 0.1) is 19.7 Å². The summed E-state index contributed by atoms with van der Waals surface area (Å²) in [6, 6.07) is 8.91. The zero-order valence-electron chi connectivity index (χ0n) is 16.0. The fourth-order valence-corrected chi connectivity index (χ4v) is 3.13. The van der Waals surface area contributed by atoms with Crippen molar-refractivity contribution < 1.29 is 22.3 Å². The Balaban J connectivity index is 1.93. The molecule has 9 heteroatoms. The van der Waals surface area contributed by atoms with Gasteiger partial charge in [-0.15, -0.1) is 0 Å². The maximum absolute atomic E-state index is 13.5. The van der Waals surface area contributed by atoms with Crippen molar-refractivity contribution in [3.8, 4) is 5.75 Å². The second kappa shape index (κ2) is 9.13. The molecule has 3 N–H and O–H groups in total. The summed E-state index contributed by atoms with van der Waals surface area (Å²) in [5.74, 6) is -0.600. The fourth-order valence-electron chi connectivity index (χ4n) is 2.51. The number of sulfonamides is 1. The normalized spacial score (nSPS) is 11.5. The quantitative estimate of drug-likeness (QED) is 0.695. The minimum Gasteiger partial charge on any atom is -0.489 e. The van der Waals surface area contributed by atoms with Crippen LogP contribution in [0.3, 0.4) is 0 Å². The molecule has 0 aromatic heterocycles. The first-order valence-corrected chi connectivity index (χ1v) is 10.1. The van der Waals surface area contributed by atoms with E-state index in [2.05, 4.69) is 5.32 Å². The SMILES string of the molecule is Cc1cc(S(N)(=O)=O)cc(NC(=O)CN(C)CCOc2ccccc2F)c1C. The zero-order valence-corrected chi connectivity index (χ0v) is 16.8. The number of nitrogens with one attached hydrogen (secondary N) is 1. The third-order valence-electron chi connectivity index (χ3n) is 4.22. The van der Waals surface area contributed by atoms with Crippen molar-refractivity contribution in [1.29, 1.82) is 0 Å². The maximum Gasteiger partial charge on any atom is 0.238 e. The Morgan fingerprint density at radius 2 is 1.93 bits per heavy atom. The van der Waals surface area contributed by atoms with Gasteiger partial charge in [-0.3, -0.25) is 9.69 Å². The summed E-state index contributed by atoms with van der Waals surface area (Å²) in [6.45, 7) is 4.19. The lowest BCUT2D eigenvalue weighted by Crippen LogP contribution is -2.33. The van der Waals surface area contributed by atoms with E-state index in [1.807, 2.05) is 0 Å². The molecular formula is C19H24FN3O4S. The van der Waals surface area contributed by atoms with E-state index in [1.54, 1.807) is 37.9 Å². The number of benzene rings is 2.